The number of nitrogens with two attached hydrogens (primary N) is 2. The Bertz CT molecular complexity index is 1670. The van der Waals surface area contributed by atoms with Crippen LogP contribution in [0.15, 0.2) is 103 Å². The lowest BCUT2D eigenvalue weighted by Gasteiger charge is -2.19. The fourth-order valence-corrected chi connectivity index (χ4v) is 5.14. The largest absolute Gasteiger partial charge is 0.397 e. The molecule has 0 spiro atoms. The number of rotatable bonds is 9. The van der Waals surface area contributed by atoms with E-state index in [-0.39, 0.29) is 11.9 Å². The van der Waals surface area contributed by atoms with Crippen molar-refractivity contribution in [1.29, 1.82) is 0 Å². The van der Waals surface area contributed by atoms with E-state index in [0.717, 1.165) is 24.0 Å². The van der Waals surface area contributed by atoms with E-state index in [1.807, 2.05) is 54.6 Å². The van der Waals surface area contributed by atoms with Crippen molar-refractivity contribution < 1.29 is 4.79 Å². The van der Waals surface area contributed by atoms with Crippen LogP contribution in [0.4, 0.5) is 23.3 Å². The smallest absolute Gasteiger partial charge is 0.255 e. The number of amides is 1. The number of carbonyl (C=O) groups excluding carboxylic acids is 1. The zero-order valence-electron chi connectivity index (χ0n) is 23.1. The molecular weight excluding hydrogens is 524 g/mol. The maximum atomic E-state index is 12.7. The van der Waals surface area contributed by atoms with Gasteiger partial charge in [-0.2, -0.15) is 15.0 Å². The topological polar surface area (TPSA) is 135 Å². The van der Waals surface area contributed by atoms with Crippen LogP contribution >= 0.6 is 0 Å². The molecule has 1 amide bonds. The van der Waals surface area contributed by atoms with Crippen LogP contribution in [0.5, 0.6) is 0 Å². The molecule has 6 rings (SSSR count). The van der Waals surface area contributed by atoms with Crippen LogP contribution in [-0.4, -0.2) is 26.9 Å². The molecule has 0 saturated heterocycles. The summed E-state index contributed by atoms with van der Waals surface area (Å²) in [5.41, 5.74) is 12.3. The molecule has 0 radical (unpaired) electrons. The van der Waals surface area contributed by atoms with Crippen LogP contribution in [0.3, 0.4) is 0 Å². The quantitative estimate of drug-likeness (QED) is 0.116. The van der Waals surface area contributed by atoms with E-state index in [9.17, 15) is 4.79 Å². The number of nitrogens with one attached hydrogen (secondary N) is 2. The number of anilines is 4. The Labute approximate surface area is 244 Å². The van der Waals surface area contributed by atoms with E-state index < -0.39 is 0 Å². The zero-order chi connectivity index (χ0) is 28.9. The third-order valence-electron chi connectivity index (χ3n) is 7.29. The van der Waals surface area contributed by atoms with Crippen molar-refractivity contribution >= 4 is 29.2 Å². The second-order valence-electron chi connectivity index (χ2n) is 10.4. The number of carbonyl (C=O) groups is 1. The van der Waals surface area contributed by atoms with Gasteiger partial charge in [-0.15, -0.1) is 0 Å². The highest BCUT2D eigenvalue weighted by Gasteiger charge is 2.22. The summed E-state index contributed by atoms with van der Waals surface area (Å²) in [5, 5.41) is 7.87. The highest BCUT2D eigenvalue weighted by Crippen LogP contribution is 2.24. The monoisotopic (exact) mass is 556 g/mol. The third-order valence-corrected chi connectivity index (χ3v) is 7.29. The van der Waals surface area contributed by atoms with Crippen molar-refractivity contribution in [3.63, 3.8) is 0 Å². The minimum atomic E-state index is -0.239. The first-order chi connectivity index (χ1) is 20.5. The van der Waals surface area contributed by atoms with Crippen LogP contribution in [0.25, 0.3) is 0 Å². The molecule has 42 heavy (non-hydrogen) atoms. The molecule has 9 heteroatoms. The number of fused-ring (bicyclic) bond motifs is 1. The molecule has 0 fully saturated rings. The lowest BCUT2D eigenvalue weighted by Crippen LogP contribution is -2.33. The minimum absolute atomic E-state index is 0.193. The second kappa shape index (κ2) is 12.1. The van der Waals surface area contributed by atoms with E-state index in [2.05, 4.69) is 39.9 Å². The molecule has 0 bridgehead atoms. The maximum Gasteiger partial charge on any atom is 0.255 e. The molecule has 6 N–H and O–H groups in total. The normalized spacial score (nSPS) is 12.5. The van der Waals surface area contributed by atoms with E-state index in [0.29, 0.717) is 47.6 Å². The van der Waals surface area contributed by atoms with Gasteiger partial charge < -0.3 is 16.4 Å². The maximum absolute atomic E-state index is 12.7. The second-order valence-corrected chi connectivity index (χ2v) is 10.4. The van der Waals surface area contributed by atoms with Crippen LogP contribution in [-0.2, 0) is 25.8 Å². The molecule has 1 aliphatic rings. The van der Waals surface area contributed by atoms with Crippen molar-refractivity contribution in [3.05, 3.63) is 137 Å². The molecule has 210 valence electrons. The Kier molecular flexibility index (Phi) is 7.74. The fraction of sp³-hybridized carbons (Fsp3) is 0.152. The summed E-state index contributed by atoms with van der Waals surface area (Å²) in [4.78, 5) is 26.9. The van der Waals surface area contributed by atoms with Gasteiger partial charge in [0.1, 0.15) is 5.82 Å². The van der Waals surface area contributed by atoms with Gasteiger partial charge in [-0.25, -0.2) is 5.84 Å². The van der Waals surface area contributed by atoms with Gasteiger partial charge in [0.05, 0.1) is 17.9 Å². The van der Waals surface area contributed by atoms with Crippen molar-refractivity contribution in [1.82, 2.24) is 15.0 Å². The predicted octanol–water partition coefficient (Wildman–Crippen LogP) is 4.76. The minimum Gasteiger partial charge on any atom is -0.397 e. The Morgan fingerprint density at radius 2 is 1.45 bits per heavy atom. The average molecular weight is 557 g/mol. The van der Waals surface area contributed by atoms with Crippen molar-refractivity contribution in [3.8, 4) is 0 Å². The summed E-state index contributed by atoms with van der Waals surface area (Å²) >= 11 is 0. The van der Waals surface area contributed by atoms with Gasteiger partial charge in [-0.05, 0) is 59.4 Å². The van der Waals surface area contributed by atoms with Crippen LogP contribution in [0.2, 0.25) is 0 Å². The number of para-hydroxylation sites is 2. The summed E-state index contributed by atoms with van der Waals surface area (Å²) < 4.78 is 0. The molecule has 5 aromatic rings. The summed E-state index contributed by atoms with van der Waals surface area (Å²) in [5.74, 6) is 7.78. The summed E-state index contributed by atoms with van der Waals surface area (Å²) in [6.45, 7) is 0.344. The van der Waals surface area contributed by atoms with Gasteiger partial charge in [-0.1, -0.05) is 78.9 Å². The summed E-state index contributed by atoms with van der Waals surface area (Å²) in [6.07, 6.45) is 2.38. The molecular formula is C33H32N8O. The molecule has 1 aliphatic carbocycles. The van der Waals surface area contributed by atoms with Crippen LogP contribution in [0, 0.1) is 0 Å². The molecule has 4 aromatic carbocycles. The number of nitrogens with zero attached hydrogens (tertiary/aromatic N) is 4. The Morgan fingerprint density at radius 1 is 0.786 bits per heavy atom. The van der Waals surface area contributed by atoms with Crippen molar-refractivity contribution in [2.24, 2.45) is 5.84 Å². The Morgan fingerprint density at radius 3 is 2.17 bits per heavy atom. The predicted molar refractivity (Wildman–Crippen MR) is 166 cm³/mol. The van der Waals surface area contributed by atoms with Crippen molar-refractivity contribution in [2.75, 3.05) is 21.4 Å². The zero-order valence-corrected chi connectivity index (χ0v) is 23.1. The van der Waals surface area contributed by atoms with Crippen molar-refractivity contribution in [2.45, 2.75) is 31.8 Å². The average Bonchev–Trinajstić information content (AvgIpc) is 3.41. The Hall–Kier alpha value is -5.28. The lowest BCUT2D eigenvalue weighted by molar-refractivity contribution is 0.102. The molecule has 1 aromatic heterocycles. The van der Waals surface area contributed by atoms with Crippen LogP contribution in [0.1, 0.15) is 38.4 Å². The highest BCUT2D eigenvalue weighted by molar-refractivity contribution is 6.05. The third kappa shape index (κ3) is 6.37. The van der Waals surface area contributed by atoms with Gasteiger partial charge in [0, 0.05) is 18.0 Å². The standard InChI is InChI=1S/C33H32N8O/c34-28-12-6-7-13-29(28)37-31(42)24-16-14-23(15-17-24)21-41(35)33-39-30(18-22-8-2-1-3-9-22)38-32(40-33)36-27-19-25-10-4-5-11-26(25)20-27/h1-17,27H,18-21,34-35H2,(H,37,42)(H,36,38,39,40). The summed E-state index contributed by atoms with van der Waals surface area (Å²) in [6, 6.07) is 33.2. The summed E-state index contributed by atoms with van der Waals surface area (Å²) in [7, 11) is 0. The van der Waals surface area contributed by atoms with E-state index >= 15 is 0 Å². The highest BCUT2D eigenvalue weighted by atomic mass is 16.1. The lowest BCUT2D eigenvalue weighted by atomic mass is 10.1. The number of aromatic nitrogens is 3. The number of hydrazine groups is 1. The van der Waals surface area contributed by atoms with Gasteiger partial charge >= 0.3 is 0 Å². The van der Waals surface area contributed by atoms with Crippen LogP contribution < -0.4 is 27.2 Å². The molecule has 9 nitrogen and oxygen atoms in total. The Balaban J connectivity index is 1.18. The molecule has 0 saturated carbocycles. The molecule has 0 aliphatic heterocycles. The fourth-order valence-electron chi connectivity index (χ4n) is 5.14. The first kappa shape index (κ1) is 26.9. The molecule has 0 unspecified atom stereocenters. The number of hydrogen-bond acceptors (Lipinski definition) is 8. The van der Waals surface area contributed by atoms with Gasteiger partial charge in [0.2, 0.25) is 11.9 Å². The van der Waals surface area contributed by atoms with Gasteiger partial charge in [0.25, 0.3) is 5.91 Å². The van der Waals surface area contributed by atoms with E-state index in [1.54, 1.807) is 24.3 Å². The number of nitrogen functional groups attached to an aromatic ring is 1. The number of benzene rings is 4. The van der Waals surface area contributed by atoms with Gasteiger partial charge in [0.15, 0.2) is 0 Å². The van der Waals surface area contributed by atoms with E-state index in [1.165, 1.54) is 16.1 Å². The number of hydrogen-bond donors (Lipinski definition) is 4. The first-order valence-corrected chi connectivity index (χ1v) is 13.9. The van der Waals surface area contributed by atoms with E-state index in [4.69, 9.17) is 21.5 Å². The SMILES string of the molecule is Nc1ccccc1NC(=O)c1ccc(CN(N)c2nc(Cc3ccccc3)nc(NC3Cc4ccccc4C3)n2)cc1. The first-order valence-electron chi connectivity index (χ1n) is 13.9. The molecule has 0 atom stereocenters. The molecule has 1 heterocycles. The van der Waals surface area contributed by atoms with Gasteiger partial charge in [-0.3, -0.25) is 9.80 Å².